The van der Waals surface area contributed by atoms with E-state index in [4.69, 9.17) is 10.5 Å². The zero-order chi connectivity index (χ0) is 13.8. The smallest absolute Gasteiger partial charge is 0.340 e. The maximum atomic E-state index is 11.7. The number of carbonyl (C=O) groups is 1. The summed E-state index contributed by atoms with van der Waals surface area (Å²) in [5.41, 5.74) is 7.63. The summed E-state index contributed by atoms with van der Waals surface area (Å²) in [6.45, 7) is 2.02. The predicted molar refractivity (Wildman–Crippen MR) is 75.3 cm³/mol. The number of hydrogen-bond acceptors (Lipinski definition) is 5. The van der Waals surface area contributed by atoms with Crippen LogP contribution < -0.4 is 5.73 Å². The summed E-state index contributed by atoms with van der Waals surface area (Å²) >= 11 is 1.41. The van der Waals surface area contributed by atoms with Crippen LogP contribution in [0, 0.1) is 6.92 Å². The minimum absolute atomic E-state index is 0.383. The van der Waals surface area contributed by atoms with Gasteiger partial charge in [0, 0.05) is 4.90 Å². The lowest BCUT2D eigenvalue weighted by Crippen LogP contribution is -2.05. The van der Waals surface area contributed by atoms with Crippen LogP contribution in [0.25, 0.3) is 0 Å². The number of aromatic nitrogens is 1. The van der Waals surface area contributed by atoms with Crippen molar-refractivity contribution in [3.63, 3.8) is 0 Å². The van der Waals surface area contributed by atoms with Crippen molar-refractivity contribution in [2.75, 3.05) is 12.8 Å². The van der Waals surface area contributed by atoms with Gasteiger partial charge in [0.15, 0.2) is 0 Å². The van der Waals surface area contributed by atoms with Gasteiger partial charge in [0.1, 0.15) is 5.03 Å². The van der Waals surface area contributed by atoms with Crippen molar-refractivity contribution in [2.24, 2.45) is 0 Å². The lowest BCUT2D eigenvalue weighted by atomic mass is 10.2. The van der Waals surface area contributed by atoms with Gasteiger partial charge in [-0.05, 0) is 25.1 Å². The van der Waals surface area contributed by atoms with E-state index in [1.165, 1.54) is 25.1 Å². The van der Waals surface area contributed by atoms with E-state index in [2.05, 4.69) is 4.98 Å². The number of aryl methyl sites for hydroxylation is 1. The molecule has 0 radical (unpaired) electrons. The van der Waals surface area contributed by atoms with E-state index in [1.54, 1.807) is 6.07 Å². The lowest BCUT2D eigenvalue weighted by Gasteiger charge is -2.07. The molecule has 2 rings (SSSR count). The van der Waals surface area contributed by atoms with Crippen LogP contribution in [0.5, 0.6) is 0 Å². The second-order valence-electron chi connectivity index (χ2n) is 4.03. The quantitative estimate of drug-likeness (QED) is 0.872. The molecule has 19 heavy (non-hydrogen) atoms. The van der Waals surface area contributed by atoms with Crippen molar-refractivity contribution in [1.29, 1.82) is 0 Å². The molecule has 0 bridgehead atoms. The Morgan fingerprint density at radius 2 is 2.16 bits per heavy atom. The fourth-order valence-electron chi connectivity index (χ4n) is 1.60. The third kappa shape index (κ3) is 3.26. The summed E-state index contributed by atoms with van der Waals surface area (Å²) in [6.07, 6.45) is 1.53. The van der Waals surface area contributed by atoms with Gasteiger partial charge in [0.05, 0.1) is 24.6 Å². The van der Waals surface area contributed by atoms with Gasteiger partial charge in [0.2, 0.25) is 0 Å². The van der Waals surface area contributed by atoms with Crippen molar-refractivity contribution >= 4 is 23.4 Å². The highest BCUT2D eigenvalue weighted by molar-refractivity contribution is 7.99. The standard InChI is InChI=1S/C14H14N2O2S/c1-9-4-3-5-11(6-9)19-13-12(14(17)18-2)7-10(15)8-16-13/h3-8H,15H2,1-2H3. The van der Waals surface area contributed by atoms with E-state index in [0.29, 0.717) is 16.3 Å². The zero-order valence-electron chi connectivity index (χ0n) is 10.7. The number of anilines is 1. The number of ether oxygens (including phenoxy) is 1. The van der Waals surface area contributed by atoms with Crippen LogP contribution in [0.4, 0.5) is 5.69 Å². The molecule has 0 fully saturated rings. The molecule has 0 aliphatic heterocycles. The summed E-state index contributed by atoms with van der Waals surface area (Å²) in [6, 6.07) is 9.56. The van der Waals surface area contributed by atoms with Gasteiger partial charge in [-0.2, -0.15) is 0 Å². The number of rotatable bonds is 3. The Kier molecular flexibility index (Phi) is 4.06. The molecule has 98 valence electrons. The number of esters is 1. The minimum atomic E-state index is -0.435. The Morgan fingerprint density at radius 3 is 2.84 bits per heavy atom. The number of pyridine rings is 1. The first kappa shape index (κ1) is 13.4. The second kappa shape index (κ2) is 5.75. The summed E-state index contributed by atoms with van der Waals surface area (Å²) in [5.74, 6) is -0.435. The molecule has 0 aliphatic carbocycles. The first-order valence-corrected chi connectivity index (χ1v) is 6.50. The van der Waals surface area contributed by atoms with Gasteiger partial charge in [-0.25, -0.2) is 9.78 Å². The van der Waals surface area contributed by atoms with E-state index in [0.717, 1.165) is 10.5 Å². The topological polar surface area (TPSA) is 65.2 Å². The van der Waals surface area contributed by atoms with Crippen LogP contribution >= 0.6 is 11.8 Å². The highest BCUT2D eigenvalue weighted by atomic mass is 32.2. The number of benzene rings is 1. The lowest BCUT2D eigenvalue weighted by molar-refractivity contribution is 0.0596. The number of nitrogens with two attached hydrogens (primary N) is 1. The molecule has 0 saturated carbocycles. The number of nitrogens with zero attached hydrogens (tertiary/aromatic N) is 1. The minimum Gasteiger partial charge on any atom is -0.465 e. The Morgan fingerprint density at radius 1 is 1.37 bits per heavy atom. The molecular weight excluding hydrogens is 260 g/mol. The molecule has 0 unspecified atom stereocenters. The zero-order valence-corrected chi connectivity index (χ0v) is 11.5. The van der Waals surface area contributed by atoms with Gasteiger partial charge in [-0.15, -0.1) is 0 Å². The number of methoxy groups -OCH3 is 1. The summed E-state index contributed by atoms with van der Waals surface area (Å²) in [5, 5.41) is 0.589. The van der Waals surface area contributed by atoms with E-state index >= 15 is 0 Å². The highest BCUT2D eigenvalue weighted by Crippen LogP contribution is 2.30. The molecule has 2 N–H and O–H groups in total. The van der Waals surface area contributed by atoms with Crippen LogP contribution in [0.3, 0.4) is 0 Å². The Balaban J connectivity index is 2.37. The second-order valence-corrected chi connectivity index (χ2v) is 5.09. The van der Waals surface area contributed by atoms with Gasteiger partial charge < -0.3 is 10.5 Å². The largest absolute Gasteiger partial charge is 0.465 e. The summed E-state index contributed by atoms with van der Waals surface area (Å²) < 4.78 is 4.75. The molecule has 4 nitrogen and oxygen atoms in total. The fraction of sp³-hybridized carbons (Fsp3) is 0.143. The average Bonchev–Trinajstić information content (AvgIpc) is 2.40. The predicted octanol–water partition coefficient (Wildman–Crippen LogP) is 2.91. The number of hydrogen-bond donors (Lipinski definition) is 1. The molecule has 0 atom stereocenters. The highest BCUT2D eigenvalue weighted by Gasteiger charge is 2.14. The molecule has 1 heterocycles. The van der Waals surface area contributed by atoms with Crippen LogP contribution in [0.2, 0.25) is 0 Å². The molecule has 0 amide bonds. The maximum Gasteiger partial charge on any atom is 0.340 e. The first-order valence-electron chi connectivity index (χ1n) is 5.68. The Hall–Kier alpha value is -2.01. The van der Waals surface area contributed by atoms with Crippen molar-refractivity contribution < 1.29 is 9.53 Å². The third-order valence-electron chi connectivity index (χ3n) is 2.48. The molecular formula is C14H14N2O2S. The monoisotopic (exact) mass is 274 g/mol. The molecule has 5 heteroatoms. The molecule has 0 saturated heterocycles. The fourth-order valence-corrected chi connectivity index (χ4v) is 2.57. The SMILES string of the molecule is COC(=O)c1cc(N)cnc1Sc1cccc(C)c1. The molecule has 1 aromatic heterocycles. The van der Waals surface area contributed by atoms with Crippen molar-refractivity contribution in [3.8, 4) is 0 Å². The van der Waals surface area contributed by atoms with E-state index < -0.39 is 5.97 Å². The molecule has 2 aromatic rings. The number of nitrogen functional groups attached to an aromatic ring is 1. The van der Waals surface area contributed by atoms with E-state index in [1.807, 2.05) is 31.2 Å². The maximum absolute atomic E-state index is 11.7. The van der Waals surface area contributed by atoms with Crippen molar-refractivity contribution in [3.05, 3.63) is 47.7 Å². The van der Waals surface area contributed by atoms with Crippen LogP contribution in [0.1, 0.15) is 15.9 Å². The summed E-state index contributed by atoms with van der Waals surface area (Å²) in [7, 11) is 1.34. The van der Waals surface area contributed by atoms with Gasteiger partial charge in [-0.1, -0.05) is 29.5 Å². The van der Waals surface area contributed by atoms with E-state index in [9.17, 15) is 4.79 Å². The number of carbonyl (C=O) groups excluding carboxylic acids is 1. The average molecular weight is 274 g/mol. The van der Waals surface area contributed by atoms with Crippen LogP contribution in [0.15, 0.2) is 46.5 Å². The first-order chi connectivity index (χ1) is 9.10. The molecule has 1 aromatic carbocycles. The Labute approximate surface area is 116 Å². The Bertz CT molecular complexity index is 614. The van der Waals surface area contributed by atoms with Gasteiger partial charge in [0.25, 0.3) is 0 Å². The molecule has 0 aliphatic rings. The van der Waals surface area contributed by atoms with E-state index in [-0.39, 0.29) is 0 Å². The van der Waals surface area contributed by atoms with Crippen LogP contribution in [-0.2, 0) is 4.74 Å². The van der Waals surface area contributed by atoms with Gasteiger partial charge in [-0.3, -0.25) is 0 Å². The normalized spacial score (nSPS) is 10.2. The van der Waals surface area contributed by atoms with Gasteiger partial charge >= 0.3 is 5.97 Å². The third-order valence-corrected chi connectivity index (χ3v) is 3.49. The molecule has 0 spiro atoms. The summed E-state index contributed by atoms with van der Waals surface area (Å²) in [4.78, 5) is 16.9. The van der Waals surface area contributed by atoms with Crippen molar-refractivity contribution in [1.82, 2.24) is 4.98 Å². The van der Waals surface area contributed by atoms with Crippen LogP contribution in [-0.4, -0.2) is 18.1 Å². The van der Waals surface area contributed by atoms with Crippen molar-refractivity contribution in [2.45, 2.75) is 16.8 Å².